The van der Waals surface area contributed by atoms with Crippen molar-refractivity contribution in [3.05, 3.63) is 34.3 Å². The van der Waals surface area contributed by atoms with Gasteiger partial charge in [-0.1, -0.05) is 55.3 Å². The summed E-state index contributed by atoms with van der Waals surface area (Å²) in [5.41, 5.74) is 1.44. The average Bonchev–Trinajstić information content (AvgIpc) is 2.41. The molecule has 1 aliphatic rings. The van der Waals surface area contributed by atoms with Gasteiger partial charge >= 0.3 is 0 Å². The zero-order valence-corrected chi connectivity index (χ0v) is 13.9. The van der Waals surface area contributed by atoms with Gasteiger partial charge in [0.2, 0.25) is 0 Å². The van der Waals surface area contributed by atoms with Crippen LogP contribution in [0.5, 0.6) is 0 Å². The van der Waals surface area contributed by atoms with E-state index in [1.54, 1.807) is 0 Å². The van der Waals surface area contributed by atoms with Crippen LogP contribution in [0.1, 0.15) is 51.6 Å². The molecule has 0 bridgehead atoms. The summed E-state index contributed by atoms with van der Waals surface area (Å²) in [6, 6.07) is 9.37. The van der Waals surface area contributed by atoms with Gasteiger partial charge in [0.25, 0.3) is 0 Å². The molecule has 1 aromatic carbocycles. The fourth-order valence-corrected chi connectivity index (χ4v) is 3.60. The van der Waals surface area contributed by atoms with E-state index in [1.165, 1.54) is 24.8 Å². The molecule has 0 spiro atoms. The summed E-state index contributed by atoms with van der Waals surface area (Å²) in [6.07, 6.45) is 4.10. The molecule has 1 N–H and O–H groups in total. The van der Waals surface area contributed by atoms with Crippen molar-refractivity contribution >= 4 is 15.9 Å². The molecule has 1 saturated carbocycles. The lowest BCUT2D eigenvalue weighted by atomic mass is 9.72. The molecule has 0 heterocycles. The average molecular weight is 324 g/mol. The third kappa shape index (κ3) is 3.82. The maximum absolute atomic E-state index is 3.71. The minimum atomic E-state index is 0.521. The smallest absolute Gasteiger partial charge is 0.0348 e. The van der Waals surface area contributed by atoms with E-state index in [1.807, 2.05) is 0 Å². The van der Waals surface area contributed by atoms with Gasteiger partial charge in [0, 0.05) is 10.5 Å². The van der Waals surface area contributed by atoms with Gasteiger partial charge in [-0.25, -0.2) is 0 Å². The van der Waals surface area contributed by atoms with Crippen LogP contribution in [0.4, 0.5) is 0 Å². The minimum Gasteiger partial charge on any atom is -0.310 e. The molecule has 2 rings (SSSR count). The van der Waals surface area contributed by atoms with Gasteiger partial charge in [0.15, 0.2) is 0 Å². The van der Waals surface area contributed by atoms with Gasteiger partial charge in [0.05, 0.1) is 0 Å². The Morgan fingerprint density at radius 2 is 1.84 bits per heavy atom. The van der Waals surface area contributed by atoms with Gasteiger partial charge < -0.3 is 5.32 Å². The third-order valence-corrected chi connectivity index (χ3v) is 5.29. The Labute approximate surface area is 126 Å². The molecule has 0 amide bonds. The standard InChI is InChI=1S/C17H26BrN/c1-4-19-17(14-7-9-16(18)10-8-14)15-6-5-12(2)13(3)11-15/h7-10,12-13,15,17,19H,4-6,11H2,1-3H3. The van der Waals surface area contributed by atoms with Crippen LogP contribution in [0.2, 0.25) is 0 Å². The van der Waals surface area contributed by atoms with E-state index in [-0.39, 0.29) is 0 Å². The minimum absolute atomic E-state index is 0.521. The SMILES string of the molecule is CCNC(c1ccc(Br)cc1)C1CCC(C)C(C)C1. The second-order valence-corrected chi connectivity index (χ2v) is 7.03. The van der Waals surface area contributed by atoms with E-state index in [4.69, 9.17) is 0 Å². The Morgan fingerprint density at radius 3 is 2.42 bits per heavy atom. The fraction of sp³-hybridized carbons (Fsp3) is 0.647. The number of rotatable bonds is 4. The first-order valence-electron chi connectivity index (χ1n) is 7.60. The second kappa shape index (κ2) is 6.90. The van der Waals surface area contributed by atoms with Gasteiger partial charge in [-0.05, 0) is 54.8 Å². The number of benzene rings is 1. The predicted molar refractivity (Wildman–Crippen MR) is 86.2 cm³/mol. The Bertz CT molecular complexity index is 387. The quantitative estimate of drug-likeness (QED) is 0.805. The van der Waals surface area contributed by atoms with Crippen molar-refractivity contribution in [2.75, 3.05) is 6.54 Å². The Hall–Kier alpha value is -0.340. The maximum atomic E-state index is 3.71. The Morgan fingerprint density at radius 1 is 1.16 bits per heavy atom. The second-order valence-electron chi connectivity index (χ2n) is 6.11. The maximum Gasteiger partial charge on any atom is 0.0348 e. The Kier molecular flexibility index (Phi) is 5.47. The molecule has 19 heavy (non-hydrogen) atoms. The van der Waals surface area contributed by atoms with Crippen LogP contribution >= 0.6 is 15.9 Å². The van der Waals surface area contributed by atoms with Gasteiger partial charge in [-0.15, -0.1) is 0 Å². The predicted octanol–water partition coefficient (Wildman–Crippen LogP) is 5.17. The summed E-state index contributed by atoms with van der Waals surface area (Å²) >= 11 is 3.53. The first kappa shape index (κ1) is 15.1. The number of hydrogen-bond donors (Lipinski definition) is 1. The summed E-state index contributed by atoms with van der Waals surface area (Å²) in [5.74, 6) is 2.53. The number of nitrogens with one attached hydrogen (secondary N) is 1. The highest BCUT2D eigenvalue weighted by Gasteiger charge is 2.30. The monoisotopic (exact) mass is 323 g/mol. The van der Waals surface area contributed by atoms with Crippen LogP contribution in [0.3, 0.4) is 0 Å². The van der Waals surface area contributed by atoms with Gasteiger partial charge in [-0.3, -0.25) is 0 Å². The Balaban J connectivity index is 2.13. The summed E-state index contributed by atoms with van der Waals surface area (Å²) < 4.78 is 1.16. The molecule has 4 atom stereocenters. The van der Waals surface area contributed by atoms with Crippen molar-refractivity contribution < 1.29 is 0 Å². The van der Waals surface area contributed by atoms with E-state index in [0.717, 1.165) is 28.8 Å². The molecule has 0 aromatic heterocycles. The fourth-order valence-electron chi connectivity index (χ4n) is 3.34. The molecule has 0 radical (unpaired) electrons. The zero-order valence-electron chi connectivity index (χ0n) is 12.3. The number of halogens is 1. The van der Waals surface area contributed by atoms with Crippen molar-refractivity contribution in [3.8, 4) is 0 Å². The molecule has 1 fully saturated rings. The van der Waals surface area contributed by atoms with Crippen LogP contribution < -0.4 is 5.32 Å². The van der Waals surface area contributed by atoms with E-state index in [2.05, 4.69) is 66.3 Å². The van der Waals surface area contributed by atoms with Crippen molar-refractivity contribution in [2.45, 2.75) is 46.1 Å². The van der Waals surface area contributed by atoms with Crippen molar-refractivity contribution in [2.24, 2.45) is 17.8 Å². The molecule has 106 valence electrons. The van der Waals surface area contributed by atoms with E-state index in [0.29, 0.717) is 6.04 Å². The molecule has 0 saturated heterocycles. The van der Waals surface area contributed by atoms with Gasteiger partial charge in [-0.2, -0.15) is 0 Å². The molecule has 2 heteroatoms. The van der Waals surface area contributed by atoms with E-state index >= 15 is 0 Å². The van der Waals surface area contributed by atoms with E-state index in [9.17, 15) is 0 Å². The van der Waals surface area contributed by atoms with Crippen LogP contribution in [-0.2, 0) is 0 Å². The molecule has 1 aliphatic carbocycles. The molecular weight excluding hydrogens is 298 g/mol. The van der Waals surface area contributed by atoms with Crippen molar-refractivity contribution in [3.63, 3.8) is 0 Å². The van der Waals surface area contributed by atoms with Crippen LogP contribution in [0, 0.1) is 17.8 Å². The third-order valence-electron chi connectivity index (χ3n) is 4.76. The molecule has 0 aliphatic heterocycles. The lowest BCUT2D eigenvalue weighted by Gasteiger charge is -2.37. The van der Waals surface area contributed by atoms with Gasteiger partial charge in [0.1, 0.15) is 0 Å². The highest BCUT2D eigenvalue weighted by Crippen LogP contribution is 2.40. The molecular formula is C17H26BrN. The summed E-state index contributed by atoms with van der Waals surface area (Å²) in [5, 5.41) is 3.71. The van der Waals surface area contributed by atoms with Crippen molar-refractivity contribution in [1.29, 1.82) is 0 Å². The zero-order chi connectivity index (χ0) is 13.8. The van der Waals surface area contributed by atoms with E-state index < -0.39 is 0 Å². The number of hydrogen-bond acceptors (Lipinski definition) is 1. The van der Waals surface area contributed by atoms with Crippen LogP contribution in [0.15, 0.2) is 28.7 Å². The normalized spacial score (nSPS) is 29.2. The van der Waals surface area contributed by atoms with Crippen LogP contribution in [-0.4, -0.2) is 6.54 Å². The highest BCUT2D eigenvalue weighted by atomic mass is 79.9. The molecule has 1 nitrogen and oxygen atoms in total. The first-order chi connectivity index (χ1) is 9.11. The largest absolute Gasteiger partial charge is 0.310 e. The summed E-state index contributed by atoms with van der Waals surface area (Å²) in [4.78, 5) is 0. The topological polar surface area (TPSA) is 12.0 Å². The van der Waals surface area contributed by atoms with Crippen LogP contribution in [0.25, 0.3) is 0 Å². The summed E-state index contributed by atoms with van der Waals surface area (Å²) in [7, 11) is 0. The van der Waals surface area contributed by atoms with Crippen molar-refractivity contribution in [1.82, 2.24) is 5.32 Å². The lowest BCUT2D eigenvalue weighted by molar-refractivity contribution is 0.172. The first-order valence-corrected chi connectivity index (χ1v) is 8.40. The lowest BCUT2D eigenvalue weighted by Crippen LogP contribution is -2.33. The highest BCUT2D eigenvalue weighted by molar-refractivity contribution is 9.10. The molecule has 1 aromatic rings. The summed E-state index contributed by atoms with van der Waals surface area (Å²) in [6.45, 7) is 8.08. The molecule has 4 unspecified atom stereocenters.